The molecule has 2 heterocycles. The molecule has 3 aliphatic rings. The summed E-state index contributed by atoms with van der Waals surface area (Å²) in [6.45, 7) is 1.86. The number of carbonyl (C=O) groups excluding carboxylic acids is 1. The molecule has 2 aromatic carbocycles. The molecule has 2 aliphatic heterocycles. The van der Waals surface area contributed by atoms with Gasteiger partial charge in [-0.15, -0.1) is 0 Å². The highest BCUT2D eigenvalue weighted by Crippen LogP contribution is 2.59. The average molecular weight is 456 g/mol. The van der Waals surface area contributed by atoms with Crippen LogP contribution < -0.4 is 14.2 Å². The quantitative estimate of drug-likeness (QED) is 0.584. The summed E-state index contributed by atoms with van der Waals surface area (Å²) in [6, 6.07) is 10.7. The zero-order chi connectivity index (χ0) is 22.6. The van der Waals surface area contributed by atoms with Crippen LogP contribution in [0.2, 0.25) is 5.02 Å². The van der Waals surface area contributed by atoms with Gasteiger partial charge < -0.3 is 18.9 Å². The van der Waals surface area contributed by atoms with Crippen molar-refractivity contribution in [2.45, 2.75) is 37.5 Å². The third-order valence-corrected chi connectivity index (χ3v) is 7.04. The van der Waals surface area contributed by atoms with Gasteiger partial charge in [0.1, 0.15) is 34.2 Å². The number of methoxy groups -OCH3 is 2. The summed E-state index contributed by atoms with van der Waals surface area (Å²) in [7, 11) is 2.95. The van der Waals surface area contributed by atoms with Crippen molar-refractivity contribution >= 4 is 17.4 Å². The molecule has 0 fully saturated rings. The molecule has 0 amide bonds. The third-order valence-electron chi connectivity index (χ3n) is 6.68. The first-order chi connectivity index (χ1) is 15.5. The number of nitrogens with zero attached hydrogens (tertiary/aromatic N) is 1. The van der Waals surface area contributed by atoms with E-state index in [1.807, 2.05) is 37.3 Å². The lowest BCUT2D eigenvalue weighted by Crippen LogP contribution is -2.52. The van der Waals surface area contributed by atoms with Crippen LogP contribution in [0.25, 0.3) is 0 Å². The number of ketones is 1. The molecule has 0 aromatic heterocycles. The Kier molecular flexibility index (Phi) is 4.89. The standard InChI is InChI=1S/C24H22ClNO6/c1-12-9-15(26-28)14-10-16(13-7-5-4-6-8-13)31-23(14)24(12)22(27)19-17(29-2)11-18(30-3)20(25)21(19)32-24/h4-8,11-12,15-16H,9-10H2,1-3H3/t12-,15?,16+,24-/m1/s1. The average Bonchev–Trinajstić information content (AvgIpc) is 3.39. The van der Waals surface area contributed by atoms with E-state index in [-0.39, 0.29) is 34.1 Å². The summed E-state index contributed by atoms with van der Waals surface area (Å²) < 4.78 is 23.6. The molecule has 1 aliphatic carbocycles. The molecular weight excluding hydrogens is 434 g/mol. The van der Waals surface area contributed by atoms with Gasteiger partial charge in [0.15, 0.2) is 11.5 Å². The lowest BCUT2D eigenvalue weighted by atomic mass is 9.71. The van der Waals surface area contributed by atoms with Crippen molar-refractivity contribution in [1.29, 1.82) is 0 Å². The Morgan fingerprint density at radius 2 is 1.88 bits per heavy atom. The summed E-state index contributed by atoms with van der Waals surface area (Å²) in [5, 5.41) is 3.54. The molecule has 2 aromatic rings. The maximum Gasteiger partial charge on any atom is 0.230 e. The van der Waals surface area contributed by atoms with Crippen molar-refractivity contribution in [3.8, 4) is 17.2 Å². The van der Waals surface area contributed by atoms with E-state index in [0.29, 0.717) is 35.7 Å². The number of halogens is 1. The number of fused-ring (bicyclic) bond motifs is 2. The molecule has 0 radical (unpaired) electrons. The fourth-order valence-electron chi connectivity index (χ4n) is 5.07. The van der Waals surface area contributed by atoms with Crippen molar-refractivity contribution < 1.29 is 23.7 Å². The van der Waals surface area contributed by atoms with Gasteiger partial charge >= 0.3 is 0 Å². The number of hydrogen-bond acceptors (Lipinski definition) is 7. The number of Topliss-reactive ketones (excluding diaryl/α,β-unsaturated/α-hetero) is 1. The zero-order valence-electron chi connectivity index (χ0n) is 17.9. The molecular formula is C24H22ClNO6. The molecule has 0 saturated carbocycles. The third kappa shape index (κ3) is 2.70. The van der Waals surface area contributed by atoms with Crippen molar-refractivity contribution in [2.24, 2.45) is 11.1 Å². The molecule has 4 atom stereocenters. The largest absolute Gasteiger partial charge is 0.496 e. The van der Waals surface area contributed by atoms with Gasteiger partial charge in [0.25, 0.3) is 0 Å². The fourth-order valence-corrected chi connectivity index (χ4v) is 5.33. The Hall–Kier alpha value is -3.06. The van der Waals surface area contributed by atoms with Gasteiger partial charge in [-0.05, 0) is 12.0 Å². The van der Waals surface area contributed by atoms with Crippen LogP contribution in [-0.2, 0) is 4.74 Å². The topological polar surface area (TPSA) is 83.4 Å². The van der Waals surface area contributed by atoms with Crippen LogP contribution in [0.1, 0.15) is 41.8 Å². The highest BCUT2D eigenvalue weighted by Gasteiger charge is 2.63. The number of carbonyl (C=O) groups is 1. The Balaban J connectivity index is 1.66. The predicted octanol–water partition coefficient (Wildman–Crippen LogP) is 5.26. The van der Waals surface area contributed by atoms with E-state index >= 15 is 0 Å². The number of nitroso groups, excluding NO2 is 1. The summed E-state index contributed by atoms with van der Waals surface area (Å²) >= 11 is 6.54. The molecule has 1 unspecified atom stereocenters. The van der Waals surface area contributed by atoms with Gasteiger partial charge in [-0.25, -0.2) is 0 Å². The van der Waals surface area contributed by atoms with E-state index in [2.05, 4.69) is 5.18 Å². The molecule has 0 bridgehead atoms. The van der Waals surface area contributed by atoms with E-state index in [9.17, 15) is 9.70 Å². The molecule has 1 spiro atoms. The van der Waals surface area contributed by atoms with Gasteiger partial charge in [0.2, 0.25) is 11.4 Å². The molecule has 7 nitrogen and oxygen atoms in total. The number of rotatable bonds is 4. The Morgan fingerprint density at radius 3 is 2.53 bits per heavy atom. The van der Waals surface area contributed by atoms with E-state index in [4.69, 9.17) is 30.5 Å². The van der Waals surface area contributed by atoms with Crippen LogP contribution in [0, 0.1) is 10.8 Å². The van der Waals surface area contributed by atoms with Crippen LogP contribution in [0.3, 0.4) is 0 Å². The van der Waals surface area contributed by atoms with Gasteiger partial charge in [0, 0.05) is 24.0 Å². The molecule has 0 saturated heterocycles. The summed E-state index contributed by atoms with van der Waals surface area (Å²) in [5.41, 5.74) is 0.470. The lowest BCUT2D eigenvalue weighted by molar-refractivity contribution is -0.00276. The minimum Gasteiger partial charge on any atom is -0.496 e. The van der Waals surface area contributed by atoms with Crippen molar-refractivity contribution in [3.05, 3.63) is 68.8 Å². The monoisotopic (exact) mass is 455 g/mol. The van der Waals surface area contributed by atoms with Crippen LogP contribution in [0.5, 0.6) is 17.2 Å². The molecule has 166 valence electrons. The molecule has 8 heteroatoms. The molecule has 0 N–H and O–H groups in total. The molecule has 5 rings (SSSR count). The number of benzene rings is 2. The van der Waals surface area contributed by atoms with Crippen LogP contribution in [0.15, 0.2) is 52.9 Å². The summed E-state index contributed by atoms with van der Waals surface area (Å²) in [5.74, 6) is 0.540. The van der Waals surface area contributed by atoms with Crippen LogP contribution >= 0.6 is 11.6 Å². The first-order valence-corrected chi connectivity index (χ1v) is 10.8. The second-order valence-corrected chi connectivity index (χ2v) is 8.68. The Bertz CT molecular complexity index is 1150. The molecule has 32 heavy (non-hydrogen) atoms. The Labute approximate surface area is 190 Å². The van der Waals surface area contributed by atoms with Crippen LogP contribution in [-0.4, -0.2) is 31.6 Å². The SMILES string of the molecule is COc1cc(OC)c2c(c1Cl)O[C@]1(C2=O)C2=C(C[C@@H](c3ccccc3)O2)C(N=O)C[C@H]1C. The Morgan fingerprint density at radius 1 is 1.16 bits per heavy atom. The van der Waals surface area contributed by atoms with E-state index in [1.54, 1.807) is 6.07 Å². The van der Waals surface area contributed by atoms with E-state index in [1.165, 1.54) is 14.2 Å². The maximum absolute atomic E-state index is 14.0. The minimum atomic E-state index is -1.44. The summed E-state index contributed by atoms with van der Waals surface area (Å²) in [6.07, 6.45) is 0.495. The lowest BCUT2D eigenvalue weighted by Gasteiger charge is -2.39. The van der Waals surface area contributed by atoms with E-state index in [0.717, 1.165) is 5.56 Å². The predicted molar refractivity (Wildman–Crippen MR) is 118 cm³/mol. The number of ether oxygens (including phenoxy) is 4. The smallest absolute Gasteiger partial charge is 0.230 e. The first kappa shape index (κ1) is 20.8. The van der Waals surface area contributed by atoms with Gasteiger partial charge in [-0.2, -0.15) is 4.91 Å². The fraction of sp³-hybridized carbons (Fsp3) is 0.375. The zero-order valence-corrected chi connectivity index (χ0v) is 18.6. The second-order valence-electron chi connectivity index (χ2n) is 8.30. The highest BCUT2D eigenvalue weighted by molar-refractivity contribution is 6.35. The van der Waals surface area contributed by atoms with Crippen molar-refractivity contribution in [2.75, 3.05) is 14.2 Å². The van der Waals surface area contributed by atoms with Gasteiger partial charge in [-0.3, -0.25) is 4.79 Å². The summed E-state index contributed by atoms with van der Waals surface area (Å²) in [4.78, 5) is 25.7. The maximum atomic E-state index is 14.0. The van der Waals surface area contributed by atoms with Gasteiger partial charge in [0.05, 0.1) is 14.2 Å². The second kappa shape index (κ2) is 7.52. The first-order valence-electron chi connectivity index (χ1n) is 10.4. The number of hydrogen-bond donors (Lipinski definition) is 0. The minimum absolute atomic E-state index is 0.191. The van der Waals surface area contributed by atoms with Crippen molar-refractivity contribution in [3.63, 3.8) is 0 Å². The van der Waals surface area contributed by atoms with Crippen molar-refractivity contribution in [1.82, 2.24) is 0 Å². The van der Waals surface area contributed by atoms with E-state index < -0.39 is 11.6 Å². The van der Waals surface area contributed by atoms with Gasteiger partial charge in [-0.1, -0.05) is 54.0 Å². The normalized spacial score (nSPS) is 28.1. The highest BCUT2D eigenvalue weighted by atomic mass is 35.5. The van der Waals surface area contributed by atoms with Crippen LogP contribution in [0.4, 0.5) is 0 Å².